The van der Waals surface area contributed by atoms with Crippen LogP contribution in [0.1, 0.15) is 42.5 Å². The number of aryl methyl sites for hydroxylation is 1. The summed E-state index contributed by atoms with van der Waals surface area (Å²) in [5.74, 6) is 0.876. The summed E-state index contributed by atoms with van der Waals surface area (Å²) in [5.41, 5.74) is 2.03. The summed E-state index contributed by atoms with van der Waals surface area (Å²) >= 11 is 0. The lowest BCUT2D eigenvalue weighted by Crippen LogP contribution is -2.35. The predicted octanol–water partition coefficient (Wildman–Crippen LogP) is 2.35. The van der Waals surface area contributed by atoms with Crippen LogP contribution in [-0.4, -0.2) is 49.1 Å². The number of aromatic nitrogens is 4. The zero-order valence-corrected chi connectivity index (χ0v) is 16.5. The van der Waals surface area contributed by atoms with Gasteiger partial charge < -0.3 is 9.80 Å². The zero-order chi connectivity index (χ0) is 20.0. The highest BCUT2D eigenvalue weighted by atomic mass is 16.2. The highest BCUT2D eigenvalue weighted by Gasteiger charge is 2.32. The van der Waals surface area contributed by atoms with Crippen molar-refractivity contribution in [3.05, 3.63) is 52.7 Å². The molecule has 3 aromatic heterocycles. The van der Waals surface area contributed by atoms with Gasteiger partial charge in [0.15, 0.2) is 5.65 Å². The van der Waals surface area contributed by atoms with Crippen LogP contribution in [-0.2, 0) is 7.05 Å². The molecule has 150 valence electrons. The fraction of sp³-hybridized carbons (Fsp3) is 0.429. The van der Waals surface area contributed by atoms with Gasteiger partial charge in [0.25, 0.3) is 5.91 Å². The van der Waals surface area contributed by atoms with Crippen molar-refractivity contribution in [2.75, 3.05) is 18.0 Å². The third kappa shape index (κ3) is 3.28. The Morgan fingerprint density at radius 1 is 1.14 bits per heavy atom. The second-order valence-electron chi connectivity index (χ2n) is 7.88. The Balaban J connectivity index is 1.44. The minimum Gasteiger partial charge on any atom is -0.339 e. The molecule has 1 saturated heterocycles. The normalized spacial score (nSPS) is 16.9. The van der Waals surface area contributed by atoms with Gasteiger partial charge in [0.05, 0.1) is 5.56 Å². The fourth-order valence-electron chi connectivity index (χ4n) is 4.02. The van der Waals surface area contributed by atoms with E-state index in [1.165, 1.54) is 15.5 Å². The average molecular weight is 392 g/mol. The van der Waals surface area contributed by atoms with Crippen molar-refractivity contribution >= 4 is 23.1 Å². The molecule has 0 unspecified atom stereocenters. The third-order valence-electron chi connectivity index (χ3n) is 5.73. The first-order chi connectivity index (χ1) is 14.1. The summed E-state index contributed by atoms with van der Waals surface area (Å²) < 4.78 is 2.86. The number of nitrogens with zero attached hydrogens (tertiary/aromatic N) is 6. The van der Waals surface area contributed by atoms with Gasteiger partial charge in [0.2, 0.25) is 0 Å². The topological polar surface area (TPSA) is 75.7 Å². The van der Waals surface area contributed by atoms with Crippen molar-refractivity contribution < 1.29 is 4.79 Å². The van der Waals surface area contributed by atoms with Gasteiger partial charge in [0, 0.05) is 50.3 Å². The molecule has 2 fully saturated rings. The Hall–Kier alpha value is -3.16. The van der Waals surface area contributed by atoms with E-state index in [0.717, 1.165) is 50.3 Å². The monoisotopic (exact) mass is 392 g/mol. The summed E-state index contributed by atoms with van der Waals surface area (Å²) in [7, 11) is 1.65. The maximum absolute atomic E-state index is 12.7. The van der Waals surface area contributed by atoms with E-state index >= 15 is 0 Å². The molecule has 29 heavy (non-hydrogen) atoms. The Bertz CT molecular complexity index is 1110. The van der Waals surface area contributed by atoms with E-state index in [4.69, 9.17) is 0 Å². The summed E-state index contributed by atoms with van der Waals surface area (Å²) in [6, 6.07) is 8.00. The number of piperidine rings is 1. The SMILES string of the molecule is Cn1nc2cc(N(c3ccc(C(=O)N4CCCCC4)cn3)C3CC3)ccn2c1=O. The van der Waals surface area contributed by atoms with Crippen LogP contribution < -0.4 is 10.6 Å². The van der Waals surface area contributed by atoms with Crippen LogP contribution in [0.4, 0.5) is 11.5 Å². The zero-order valence-electron chi connectivity index (χ0n) is 16.5. The maximum atomic E-state index is 12.7. The number of amides is 1. The molecule has 1 amide bonds. The van der Waals surface area contributed by atoms with Crippen molar-refractivity contribution in [2.24, 2.45) is 7.05 Å². The van der Waals surface area contributed by atoms with Crippen molar-refractivity contribution in [3.8, 4) is 0 Å². The predicted molar refractivity (Wildman–Crippen MR) is 110 cm³/mol. The molecule has 0 radical (unpaired) electrons. The molecule has 3 aromatic rings. The van der Waals surface area contributed by atoms with Gasteiger partial charge in [-0.1, -0.05) is 0 Å². The fourth-order valence-corrected chi connectivity index (χ4v) is 4.02. The number of fused-ring (bicyclic) bond motifs is 1. The minimum atomic E-state index is -0.164. The van der Waals surface area contributed by atoms with E-state index in [0.29, 0.717) is 17.3 Å². The van der Waals surface area contributed by atoms with E-state index in [9.17, 15) is 9.59 Å². The van der Waals surface area contributed by atoms with E-state index in [-0.39, 0.29) is 11.6 Å². The molecule has 8 heteroatoms. The molecule has 1 aliphatic heterocycles. The first kappa shape index (κ1) is 17.9. The Morgan fingerprint density at radius 3 is 2.62 bits per heavy atom. The minimum absolute atomic E-state index is 0.0657. The van der Waals surface area contributed by atoms with Crippen molar-refractivity contribution in [1.29, 1.82) is 0 Å². The maximum Gasteiger partial charge on any atom is 0.350 e. The van der Waals surface area contributed by atoms with Gasteiger partial charge in [0.1, 0.15) is 5.82 Å². The molecule has 4 heterocycles. The molecule has 8 nitrogen and oxygen atoms in total. The van der Waals surface area contributed by atoms with Crippen LogP contribution in [0.15, 0.2) is 41.5 Å². The standard InChI is InChI=1S/C21H24N6O2/c1-24-21(29)26-12-9-17(13-19(26)23-24)27(16-6-7-16)18-8-5-15(14-22-18)20(28)25-10-3-2-4-11-25/h5,8-9,12-14,16H,2-4,6-7,10-11H2,1H3. The van der Waals surface area contributed by atoms with Gasteiger partial charge >= 0.3 is 5.69 Å². The molecule has 1 aliphatic carbocycles. The van der Waals surface area contributed by atoms with Crippen LogP contribution in [0.3, 0.4) is 0 Å². The molecule has 2 aliphatic rings. The lowest BCUT2D eigenvalue weighted by molar-refractivity contribution is 0.0724. The van der Waals surface area contributed by atoms with Gasteiger partial charge in [-0.15, -0.1) is 0 Å². The van der Waals surface area contributed by atoms with Crippen molar-refractivity contribution in [3.63, 3.8) is 0 Å². The van der Waals surface area contributed by atoms with E-state index in [1.54, 1.807) is 19.4 Å². The molecule has 0 N–H and O–H groups in total. The Morgan fingerprint density at radius 2 is 1.93 bits per heavy atom. The summed E-state index contributed by atoms with van der Waals surface area (Å²) in [4.78, 5) is 33.5. The average Bonchev–Trinajstić information content (AvgIpc) is 3.55. The Labute approximate surface area is 168 Å². The quantitative estimate of drug-likeness (QED) is 0.681. The van der Waals surface area contributed by atoms with Crippen molar-refractivity contribution in [1.82, 2.24) is 24.1 Å². The van der Waals surface area contributed by atoms with E-state index in [2.05, 4.69) is 15.0 Å². The largest absolute Gasteiger partial charge is 0.350 e. The molecule has 5 rings (SSSR count). The number of anilines is 2. The number of likely N-dealkylation sites (tertiary alicyclic amines) is 1. The Kier molecular flexibility index (Phi) is 4.34. The van der Waals surface area contributed by atoms with Crippen LogP contribution >= 0.6 is 0 Å². The van der Waals surface area contributed by atoms with Gasteiger partial charge in [-0.2, -0.15) is 5.10 Å². The highest BCUT2D eigenvalue weighted by molar-refractivity contribution is 5.94. The number of pyridine rings is 2. The molecular formula is C21H24N6O2. The highest BCUT2D eigenvalue weighted by Crippen LogP contribution is 2.37. The van der Waals surface area contributed by atoms with E-state index in [1.807, 2.05) is 29.2 Å². The lowest BCUT2D eigenvalue weighted by Gasteiger charge is -2.27. The van der Waals surface area contributed by atoms with Crippen LogP contribution in [0, 0.1) is 0 Å². The number of hydrogen-bond acceptors (Lipinski definition) is 5. The van der Waals surface area contributed by atoms with Crippen LogP contribution in [0.25, 0.3) is 5.65 Å². The second kappa shape index (κ2) is 7.02. The summed E-state index contributed by atoms with van der Waals surface area (Å²) in [5, 5.41) is 4.29. The van der Waals surface area contributed by atoms with Gasteiger partial charge in [-0.05, 0) is 50.3 Å². The smallest absolute Gasteiger partial charge is 0.339 e. The summed E-state index contributed by atoms with van der Waals surface area (Å²) in [6.45, 7) is 1.66. The molecule has 0 spiro atoms. The molecule has 0 aromatic carbocycles. The number of carbonyl (C=O) groups excluding carboxylic acids is 1. The first-order valence-electron chi connectivity index (χ1n) is 10.2. The van der Waals surface area contributed by atoms with Crippen molar-refractivity contribution in [2.45, 2.75) is 38.1 Å². The molecule has 0 bridgehead atoms. The van der Waals surface area contributed by atoms with Gasteiger partial charge in [-0.3, -0.25) is 9.20 Å². The number of hydrogen-bond donors (Lipinski definition) is 0. The molecule has 0 atom stereocenters. The lowest BCUT2D eigenvalue weighted by atomic mass is 10.1. The van der Waals surface area contributed by atoms with Crippen LogP contribution in [0.5, 0.6) is 0 Å². The van der Waals surface area contributed by atoms with E-state index < -0.39 is 0 Å². The number of rotatable bonds is 4. The van der Waals surface area contributed by atoms with Crippen LogP contribution in [0.2, 0.25) is 0 Å². The number of carbonyl (C=O) groups is 1. The first-order valence-corrected chi connectivity index (χ1v) is 10.2. The molecular weight excluding hydrogens is 368 g/mol. The third-order valence-corrected chi connectivity index (χ3v) is 5.73. The van der Waals surface area contributed by atoms with Gasteiger partial charge in [-0.25, -0.2) is 14.5 Å². The summed E-state index contributed by atoms with van der Waals surface area (Å²) in [6.07, 6.45) is 8.98. The molecule has 1 saturated carbocycles. The second-order valence-corrected chi connectivity index (χ2v) is 7.88.